The average molecular weight is 349 g/mol. The number of carbonyl (C=O) groups is 1. The molecule has 3 rings (SSSR count). The highest BCUT2D eigenvalue weighted by Crippen LogP contribution is 2.28. The molecule has 7 nitrogen and oxygen atoms in total. The van der Waals surface area contributed by atoms with E-state index in [0.29, 0.717) is 22.6 Å². The number of hydrazone groups is 1. The Morgan fingerprint density at radius 1 is 1.27 bits per heavy atom. The minimum Gasteiger partial charge on any atom is -0.493 e. The van der Waals surface area contributed by atoms with Gasteiger partial charge in [-0.05, 0) is 24.3 Å². The van der Waals surface area contributed by atoms with E-state index in [4.69, 9.17) is 19.2 Å². The summed E-state index contributed by atoms with van der Waals surface area (Å²) >= 11 is 0. The lowest BCUT2D eigenvalue weighted by Gasteiger charge is -2.04. The normalized spacial score (nSPS) is 10.6. The largest absolute Gasteiger partial charge is 0.493 e. The van der Waals surface area contributed by atoms with Crippen molar-refractivity contribution < 1.29 is 18.7 Å². The summed E-state index contributed by atoms with van der Waals surface area (Å²) in [6.45, 7) is -0.0714. The Kier molecular flexibility index (Phi) is 5.15. The van der Waals surface area contributed by atoms with Crippen LogP contribution in [-0.2, 0) is 0 Å². The van der Waals surface area contributed by atoms with Gasteiger partial charge in [0.25, 0.3) is 0 Å². The number of benzene rings is 2. The third kappa shape index (κ3) is 3.65. The molecule has 7 heteroatoms. The highest BCUT2D eigenvalue weighted by Gasteiger charge is 2.14. The Labute approximate surface area is 149 Å². The highest BCUT2D eigenvalue weighted by molar-refractivity contribution is 5.97. The summed E-state index contributed by atoms with van der Waals surface area (Å²) < 4.78 is 16.1. The molecule has 3 aromatic rings. The van der Waals surface area contributed by atoms with E-state index in [2.05, 4.69) is 10.5 Å². The van der Waals surface area contributed by atoms with Crippen molar-refractivity contribution in [1.82, 2.24) is 5.43 Å². The minimum atomic E-state index is -0.491. The molecule has 1 heterocycles. The van der Waals surface area contributed by atoms with Gasteiger partial charge in [-0.3, -0.25) is 4.79 Å². The van der Waals surface area contributed by atoms with Crippen molar-refractivity contribution >= 4 is 23.1 Å². The van der Waals surface area contributed by atoms with Crippen LogP contribution in [0.3, 0.4) is 0 Å². The minimum absolute atomic E-state index is 0.0714. The first-order chi connectivity index (χ1) is 12.7. The number of para-hydroxylation sites is 2. The molecule has 0 radical (unpaired) electrons. The Hall–Kier alpha value is -3.79. The fourth-order valence-corrected chi connectivity index (χ4v) is 2.35. The van der Waals surface area contributed by atoms with Gasteiger partial charge >= 0.3 is 5.91 Å². The number of nitriles is 1. The first kappa shape index (κ1) is 17.0. The van der Waals surface area contributed by atoms with Crippen LogP contribution in [0, 0.1) is 11.3 Å². The van der Waals surface area contributed by atoms with Gasteiger partial charge in [0.2, 0.25) is 0 Å². The average Bonchev–Trinajstić information content (AvgIpc) is 3.11. The second kappa shape index (κ2) is 7.85. The van der Waals surface area contributed by atoms with Gasteiger partial charge in [0.15, 0.2) is 23.7 Å². The molecule has 0 fully saturated rings. The molecule has 0 bridgehead atoms. The monoisotopic (exact) mass is 349 g/mol. The summed E-state index contributed by atoms with van der Waals surface area (Å²) in [6, 6.07) is 16.0. The highest BCUT2D eigenvalue weighted by atomic mass is 16.5. The van der Waals surface area contributed by atoms with Crippen LogP contribution in [0.2, 0.25) is 0 Å². The molecule has 0 saturated carbocycles. The molecule has 26 heavy (non-hydrogen) atoms. The fraction of sp³-hybridized carbons (Fsp3) is 0.105. The molecule has 0 saturated heterocycles. The number of fused-ring (bicyclic) bond motifs is 1. The van der Waals surface area contributed by atoms with Crippen LogP contribution in [-0.4, -0.2) is 25.8 Å². The maximum atomic E-state index is 12.2. The fourth-order valence-electron chi connectivity index (χ4n) is 2.35. The molecule has 2 aromatic carbocycles. The molecule has 1 N–H and O–H groups in total. The van der Waals surface area contributed by atoms with Crippen LogP contribution < -0.4 is 14.9 Å². The van der Waals surface area contributed by atoms with Gasteiger partial charge in [0.05, 0.1) is 13.3 Å². The first-order valence-electron chi connectivity index (χ1n) is 7.71. The van der Waals surface area contributed by atoms with Gasteiger partial charge in [-0.25, -0.2) is 5.43 Å². The van der Waals surface area contributed by atoms with Crippen molar-refractivity contribution in [3.63, 3.8) is 0 Å². The van der Waals surface area contributed by atoms with Crippen molar-refractivity contribution in [2.24, 2.45) is 5.10 Å². The quantitative estimate of drug-likeness (QED) is 0.545. The van der Waals surface area contributed by atoms with Gasteiger partial charge in [-0.15, -0.1) is 0 Å². The lowest BCUT2D eigenvalue weighted by atomic mass is 10.2. The molecule has 1 aromatic heterocycles. The van der Waals surface area contributed by atoms with Crippen LogP contribution in [0.25, 0.3) is 11.0 Å². The van der Waals surface area contributed by atoms with Crippen LogP contribution in [0.5, 0.6) is 11.5 Å². The maximum Gasteiger partial charge on any atom is 0.307 e. The van der Waals surface area contributed by atoms with Gasteiger partial charge in [-0.2, -0.15) is 10.4 Å². The lowest BCUT2D eigenvalue weighted by Crippen LogP contribution is -2.16. The number of carbonyl (C=O) groups excluding carboxylic acids is 1. The van der Waals surface area contributed by atoms with Gasteiger partial charge in [0.1, 0.15) is 11.8 Å². The van der Waals surface area contributed by atoms with Crippen molar-refractivity contribution in [3.05, 3.63) is 59.9 Å². The van der Waals surface area contributed by atoms with Crippen LogP contribution in [0.1, 0.15) is 16.1 Å². The summed E-state index contributed by atoms with van der Waals surface area (Å²) in [7, 11) is 1.53. The standard InChI is InChI=1S/C19H15N3O4/c1-24-16-8-4-6-13-11-17(26-18(13)16)19(23)22-21-12-14-5-2-3-7-15(14)25-10-9-20/h2-8,11-12H,10H2,1H3,(H,22,23). The van der Waals surface area contributed by atoms with Crippen molar-refractivity contribution in [3.8, 4) is 17.6 Å². The van der Waals surface area contributed by atoms with E-state index in [9.17, 15) is 4.79 Å². The predicted molar refractivity (Wildman–Crippen MR) is 95.4 cm³/mol. The van der Waals surface area contributed by atoms with Crippen molar-refractivity contribution in [2.45, 2.75) is 0 Å². The third-order valence-corrected chi connectivity index (χ3v) is 3.53. The van der Waals surface area contributed by atoms with E-state index >= 15 is 0 Å². The summed E-state index contributed by atoms with van der Waals surface area (Å²) in [5.41, 5.74) is 3.54. The van der Waals surface area contributed by atoms with Crippen LogP contribution in [0.15, 0.2) is 58.0 Å². The SMILES string of the molecule is COc1cccc2cc(C(=O)NN=Cc3ccccc3OCC#N)oc12. The summed E-state index contributed by atoms with van der Waals surface area (Å²) in [5, 5.41) is 13.3. The second-order valence-electron chi connectivity index (χ2n) is 5.17. The number of hydrogen-bond donors (Lipinski definition) is 1. The zero-order valence-electron chi connectivity index (χ0n) is 13.9. The van der Waals surface area contributed by atoms with Crippen molar-refractivity contribution in [1.29, 1.82) is 5.26 Å². The van der Waals surface area contributed by atoms with E-state index in [1.165, 1.54) is 13.3 Å². The molecule has 0 unspecified atom stereocenters. The zero-order chi connectivity index (χ0) is 18.4. The number of nitrogens with one attached hydrogen (secondary N) is 1. The van der Waals surface area contributed by atoms with E-state index in [1.54, 1.807) is 36.4 Å². The Morgan fingerprint density at radius 3 is 2.88 bits per heavy atom. The van der Waals surface area contributed by atoms with E-state index in [-0.39, 0.29) is 12.4 Å². The molecular weight excluding hydrogens is 334 g/mol. The number of nitrogens with zero attached hydrogens (tertiary/aromatic N) is 2. The van der Waals surface area contributed by atoms with E-state index < -0.39 is 5.91 Å². The zero-order valence-corrected chi connectivity index (χ0v) is 13.9. The Bertz CT molecular complexity index is 1000. The number of ether oxygens (including phenoxy) is 2. The van der Waals surface area contributed by atoms with E-state index in [1.807, 2.05) is 18.2 Å². The van der Waals surface area contributed by atoms with Gasteiger partial charge in [-0.1, -0.05) is 24.3 Å². The number of methoxy groups -OCH3 is 1. The Balaban J connectivity index is 1.73. The third-order valence-electron chi connectivity index (χ3n) is 3.53. The predicted octanol–water partition coefficient (Wildman–Crippen LogP) is 3.11. The molecule has 0 spiro atoms. The molecule has 0 atom stereocenters. The number of amides is 1. The molecule has 0 aliphatic rings. The van der Waals surface area contributed by atoms with Crippen LogP contribution >= 0.6 is 0 Å². The van der Waals surface area contributed by atoms with Crippen LogP contribution in [0.4, 0.5) is 0 Å². The molecule has 0 aliphatic heterocycles. The maximum absolute atomic E-state index is 12.2. The summed E-state index contributed by atoms with van der Waals surface area (Å²) in [6.07, 6.45) is 1.44. The molecule has 130 valence electrons. The first-order valence-corrected chi connectivity index (χ1v) is 7.71. The lowest BCUT2D eigenvalue weighted by molar-refractivity contribution is 0.0929. The van der Waals surface area contributed by atoms with Gasteiger partial charge in [0, 0.05) is 10.9 Å². The second-order valence-corrected chi connectivity index (χ2v) is 5.17. The number of furan rings is 1. The molecular formula is C19H15N3O4. The Morgan fingerprint density at radius 2 is 2.08 bits per heavy atom. The van der Waals surface area contributed by atoms with E-state index in [0.717, 1.165) is 5.39 Å². The summed E-state index contributed by atoms with van der Waals surface area (Å²) in [5.74, 6) is 0.680. The van der Waals surface area contributed by atoms with Crippen molar-refractivity contribution in [2.75, 3.05) is 13.7 Å². The number of hydrogen-bond acceptors (Lipinski definition) is 6. The summed E-state index contributed by atoms with van der Waals surface area (Å²) in [4.78, 5) is 12.2. The molecule has 1 amide bonds. The molecule has 0 aliphatic carbocycles. The number of rotatable bonds is 6. The van der Waals surface area contributed by atoms with Gasteiger partial charge < -0.3 is 13.9 Å². The smallest absolute Gasteiger partial charge is 0.307 e. The topological polar surface area (TPSA) is 96.9 Å².